The Morgan fingerprint density at radius 2 is 2.05 bits per heavy atom. The molecule has 1 atom stereocenters. The summed E-state index contributed by atoms with van der Waals surface area (Å²) in [4.78, 5) is 16.6. The number of aromatic nitrogens is 1. The fraction of sp³-hybridized carbons (Fsp3) is 0.412. The van der Waals surface area contributed by atoms with Crippen molar-refractivity contribution in [2.75, 3.05) is 6.54 Å². The molecule has 2 aromatic rings. The van der Waals surface area contributed by atoms with Crippen molar-refractivity contribution in [3.63, 3.8) is 0 Å². The minimum atomic E-state index is -0.191. The average Bonchev–Trinajstić information content (AvgIpc) is 2.43. The summed E-state index contributed by atoms with van der Waals surface area (Å²) in [7, 11) is 0. The summed E-state index contributed by atoms with van der Waals surface area (Å²) in [6, 6.07) is 10.3. The largest absolute Gasteiger partial charge is 0.354 e. The highest BCUT2D eigenvalue weighted by Gasteiger charge is 2.18. The molecule has 1 unspecified atom stereocenters. The summed E-state index contributed by atoms with van der Waals surface area (Å²) in [5.41, 5.74) is 8.86. The minimum absolute atomic E-state index is 0.0228. The molecule has 1 heterocycles. The molecule has 2 rings (SSSR count). The highest BCUT2D eigenvalue weighted by molar-refractivity contribution is 5.81. The highest BCUT2D eigenvalue weighted by atomic mass is 16.1. The summed E-state index contributed by atoms with van der Waals surface area (Å²) in [5.74, 6) is -0.169. The van der Waals surface area contributed by atoms with Crippen LogP contribution < -0.4 is 11.1 Å². The van der Waals surface area contributed by atoms with Gasteiger partial charge >= 0.3 is 0 Å². The number of benzene rings is 1. The molecule has 0 bridgehead atoms. The van der Waals surface area contributed by atoms with E-state index in [-0.39, 0.29) is 17.9 Å². The van der Waals surface area contributed by atoms with Gasteiger partial charge in [-0.3, -0.25) is 9.78 Å². The first-order chi connectivity index (χ1) is 9.99. The van der Waals surface area contributed by atoms with Crippen molar-refractivity contribution in [2.45, 2.75) is 33.2 Å². The third-order valence-electron chi connectivity index (χ3n) is 3.46. The zero-order chi connectivity index (χ0) is 15.4. The quantitative estimate of drug-likeness (QED) is 0.885. The second-order valence-corrected chi connectivity index (χ2v) is 5.78. The maximum Gasteiger partial charge on any atom is 0.224 e. The lowest BCUT2D eigenvalue weighted by molar-refractivity contribution is -0.125. The van der Waals surface area contributed by atoms with Crippen molar-refractivity contribution in [1.29, 1.82) is 0 Å². The number of nitrogens with one attached hydrogen (secondary N) is 1. The van der Waals surface area contributed by atoms with Crippen LogP contribution in [-0.4, -0.2) is 23.5 Å². The van der Waals surface area contributed by atoms with Crippen LogP contribution in [0.3, 0.4) is 0 Å². The van der Waals surface area contributed by atoms with Gasteiger partial charge in [-0.2, -0.15) is 0 Å². The van der Waals surface area contributed by atoms with Crippen molar-refractivity contribution in [3.05, 3.63) is 41.6 Å². The standard InChI is InChI=1S/C17H23N3O/c1-11(2)19-17(21)15(10-18)9-13-5-7-16-14(8-13)6-4-12(3)20-16/h4-8,11,15H,9-10,18H2,1-3H3,(H,19,21). The lowest BCUT2D eigenvalue weighted by Crippen LogP contribution is -2.39. The van der Waals surface area contributed by atoms with Crippen LogP contribution >= 0.6 is 0 Å². The van der Waals surface area contributed by atoms with Crippen LogP contribution in [0.4, 0.5) is 0 Å². The molecule has 0 aliphatic rings. The van der Waals surface area contributed by atoms with Crippen LogP contribution in [0.1, 0.15) is 25.1 Å². The highest BCUT2D eigenvalue weighted by Crippen LogP contribution is 2.17. The number of nitrogens with zero attached hydrogens (tertiary/aromatic N) is 1. The Labute approximate surface area is 125 Å². The van der Waals surface area contributed by atoms with Crippen molar-refractivity contribution in [2.24, 2.45) is 11.7 Å². The molecule has 1 aromatic carbocycles. The maximum absolute atomic E-state index is 12.1. The van der Waals surface area contributed by atoms with Gasteiger partial charge in [-0.1, -0.05) is 12.1 Å². The van der Waals surface area contributed by atoms with Crippen molar-refractivity contribution < 1.29 is 4.79 Å². The Balaban J connectivity index is 2.17. The molecule has 0 saturated carbocycles. The molecule has 21 heavy (non-hydrogen) atoms. The summed E-state index contributed by atoms with van der Waals surface area (Å²) in [5, 5.41) is 4.02. The first-order valence-electron chi connectivity index (χ1n) is 7.36. The van der Waals surface area contributed by atoms with E-state index in [1.165, 1.54) is 0 Å². The number of carbonyl (C=O) groups is 1. The molecule has 0 radical (unpaired) electrons. The van der Waals surface area contributed by atoms with E-state index in [9.17, 15) is 4.79 Å². The van der Waals surface area contributed by atoms with Gasteiger partial charge in [0.25, 0.3) is 0 Å². The van der Waals surface area contributed by atoms with Crippen molar-refractivity contribution in [1.82, 2.24) is 10.3 Å². The van der Waals surface area contributed by atoms with Gasteiger partial charge in [0.05, 0.1) is 11.4 Å². The normalized spacial score (nSPS) is 12.6. The number of rotatable bonds is 5. The van der Waals surface area contributed by atoms with E-state index in [1.807, 2.05) is 39.0 Å². The molecular formula is C17H23N3O. The predicted octanol–water partition coefficient (Wildman–Crippen LogP) is 2.19. The van der Waals surface area contributed by atoms with Gasteiger partial charge in [0, 0.05) is 23.7 Å². The first-order valence-corrected chi connectivity index (χ1v) is 7.36. The topological polar surface area (TPSA) is 68.0 Å². The Kier molecular flexibility index (Phi) is 4.91. The summed E-state index contributed by atoms with van der Waals surface area (Å²) >= 11 is 0. The zero-order valence-corrected chi connectivity index (χ0v) is 12.9. The molecule has 3 N–H and O–H groups in total. The Hall–Kier alpha value is -1.94. The second-order valence-electron chi connectivity index (χ2n) is 5.78. The van der Waals surface area contributed by atoms with E-state index < -0.39 is 0 Å². The van der Waals surface area contributed by atoms with Crippen LogP contribution in [0.15, 0.2) is 30.3 Å². The first kappa shape index (κ1) is 15.4. The number of nitrogens with two attached hydrogens (primary N) is 1. The van der Waals surface area contributed by atoms with Crippen LogP contribution in [0.2, 0.25) is 0 Å². The molecule has 1 aromatic heterocycles. The van der Waals surface area contributed by atoms with E-state index in [0.717, 1.165) is 22.2 Å². The number of fused-ring (bicyclic) bond motifs is 1. The second kappa shape index (κ2) is 6.68. The Bertz CT molecular complexity index is 637. The van der Waals surface area contributed by atoms with Gasteiger partial charge in [-0.05, 0) is 51.0 Å². The number of pyridine rings is 1. The smallest absolute Gasteiger partial charge is 0.224 e. The fourth-order valence-electron chi connectivity index (χ4n) is 2.37. The van der Waals surface area contributed by atoms with Gasteiger partial charge in [-0.25, -0.2) is 0 Å². The van der Waals surface area contributed by atoms with Gasteiger partial charge < -0.3 is 11.1 Å². The lowest BCUT2D eigenvalue weighted by atomic mass is 9.97. The zero-order valence-electron chi connectivity index (χ0n) is 12.9. The van der Waals surface area contributed by atoms with Crippen molar-refractivity contribution in [3.8, 4) is 0 Å². The van der Waals surface area contributed by atoms with E-state index in [0.29, 0.717) is 13.0 Å². The number of hydrogen-bond donors (Lipinski definition) is 2. The molecule has 1 amide bonds. The average molecular weight is 285 g/mol. The van der Waals surface area contributed by atoms with Gasteiger partial charge in [0.15, 0.2) is 0 Å². The molecule has 0 aliphatic carbocycles. The number of hydrogen-bond acceptors (Lipinski definition) is 3. The van der Waals surface area contributed by atoms with Gasteiger partial charge in [0.2, 0.25) is 5.91 Å². The van der Waals surface area contributed by atoms with Gasteiger partial charge in [-0.15, -0.1) is 0 Å². The number of aryl methyl sites for hydroxylation is 1. The molecular weight excluding hydrogens is 262 g/mol. The van der Waals surface area contributed by atoms with Crippen molar-refractivity contribution >= 4 is 16.8 Å². The van der Waals surface area contributed by atoms with Crippen LogP contribution in [0.25, 0.3) is 10.9 Å². The Morgan fingerprint density at radius 1 is 1.29 bits per heavy atom. The SMILES string of the molecule is Cc1ccc2cc(CC(CN)C(=O)NC(C)C)ccc2n1. The predicted molar refractivity (Wildman–Crippen MR) is 86.0 cm³/mol. The minimum Gasteiger partial charge on any atom is -0.354 e. The summed E-state index contributed by atoms with van der Waals surface area (Å²) in [6.07, 6.45) is 0.652. The van der Waals surface area contributed by atoms with Crippen LogP contribution in [0.5, 0.6) is 0 Å². The lowest BCUT2D eigenvalue weighted by Gasteiger charge is -2.17. The fourth-order valence-corrected chi connectivity index (χ4v) is 2.37. The Morgan fingerprint density at radius 3 is 2.71 bits per heavy atom. The molecule has 0 aliphatic heterocycles. The van der Waals surface area contributed by atoms with E-state index in [2.05, 4.69) is 22.4 Å². The number of amides is 1. The number of carbonyl (C=O) groups excluding carboxylic acids is 1. The van der Waals surface area contributed by atoms with E-state index in [1.54, 1.807) is 0 Å². The van der Waals surface area contributed by atoms with E-state index in [4.69, 9.17) is 5.73 Å². The third-order valence-corrected chi connectivity index (χ3v) is 3.46. The van der Waals surface area contributed by atoms with Crippen LogP contribution in [0, 0.1) is 12.8 Å². The maximum atomic E-state index is 12.1. The molecule has 4 heteroatoms. The van der Waals surface area contributed by atoms with Crippen LogP contribution in [-0.2, 0) is 11.2 Å². The third kappa shape index (κ3) is 4.02. The van der Waals surface area contributed by atoms with Gasteiger partial charge in [0.1, 0.15) is 0 Å². The monoisotopic (exact) mass is 285 g/mol. The molecule has 4 nitrogen and oxygen atoms in total. The molecule has 0 spiro atoms. The summed E-state index contributed by atoms with van der Waals surface area (Å²) < 4.78 is 0. The molecule has 0 fully saturated rings. The molecule has 0 saturated heterocycles. The summed E-state index contributed by atoms with van der Waals surface area (Å²) in [6.45, 7) is 6.24. The van der Waals surface area contributed by atoms with E-state index >= 15 is 0 Å². The molecule has 112 valence electrons.